The van der Waals surface area contributed by atoms with Crippen molar-refractivity contribution in [2.75, 3.05) is 11.9 Å². The molecule has 1 aliphatic rings. The van der Waals surface area contributed by atoms with E-state index in [-0.39, 0.29) is 26.0 Å². The number of carbonyl (C=O) groups excluding carboxylic acids is 2. The van der Waals surface area contributed by atoms with Gasteiger partial charge in [-0.3, -0.25) is 14.5 Å². The van der Waals surface area contributed by atoms with Crippen LogP contribution >= 0.6 is 11.6 Å². The van der Waals surface area contributed by atoms with Crippen LogP contribution in [0.2, 0.25) is 5.02 Å². The Kier molecular flexibility index (Phi) is 7.14. The van der Waals surface area contributed by atoms with Gasteiger partial charge in [0.05, 0.1) is 6.54 Å². The minimum Gasteiger partial charge on any atom is -0.465 e. The largest absolute Gasteiger partial charge is 0.465 e. The number of aryl methyl sites for hydroxylation is 1. The highest BCUT2D eigenvalue weighted by Gasteiger charge is 2.36. The number of halogens is 1. The van der Waals surface area contributed by atoms with Gasteiger partial charge in [0.1, 0.15) is 12.1 Å². The van der Waals surface area contributed by atoms with Gasteiger partial charge in [-0.1, -0.05) is 35.9 Å². The molecule has 2 aromatic carbocycles. The van der Waals surface area contributed by atoms with E-state index in [9.17, 15) is 24.6 Å². The van der Waals surface area contributed by atoms with E-state index in [4.69, 9.17) is 11.6 Å². The summed E-state index contributed by atoms with van der Waals surface area (Å²) in [7, 11) is 0. The summed E-state index contributed by atoms with van der Waals surface area (Å²) in [5.41, 5.74) is 3.01. The highest BCUT2D eigenvalue weighted by Crippen LogP contribution is 2.24. The van der Waals surface area contributed by atoms with Crippen molar-refractivity contribution < 1.29 is 24.6 Å². The van der Waals surface area contributed by atoms with E-state index >= 15 is 0 Å². The summed E-state index contributed by atoms with van der Waals surface area (Å²) in [6, 6.07) is 10.3. The van der Waals surface area contributed by atoms with E-state index in [0.29, 0.717) is 10.7 Å². The monoisotopic (exact) mass is 445 g/mol. The molecule has 164 valence electrons. The molecule has 9 heteroatoms. The van der Waals surface area contributed by atoms with E-state index in [0.717, 1.165) is 21.6 Å². The molecule has 0 radical (unpaired) electrons. The van der Waals surface area contributed by atoms with Crippen LogP contribution in [-0.2, 0) is 22.6 Å². The molecule has 0 aromatic heterocycles. The van der Waals surface area contributed by atoms with Crippen LogP contribution in [-0.4, -0.2) is 51.7 Å². The van der Waals surface area contributed by atoms with E-state index < -0.39 is 30.0 Å². The highest BCUT2D eigenvalue weighted by atomic mass is 35.5. The van der Waals surface area contributed by atoms with Crippen molar-refractivity contribution in [3.05, 3.63) is 64.2 Å². The van der Waals surface area contributed by atoms with Gasteiger partial charge in [0.25, 0.3) is 0 Å². The van der Waals surface area contributed by atoms with Gasteiger partial charge < -0.3 is 20.8 Å². The Morgan fingerprint density at radius 3 is 2.55 bits per heavy atom. The molecular formula is C22H24ClN3O5. The summed E-state index contributed by atoms with van der Waals surface area (Å²) in [5.74, 6) is -1.10. The molecule has 1 heterocycles. The molecule has 2 aromatic rings. The average molecular weight is 446 g/mol. The lowest BCUT2D eigenvalue weighted by molar-refractivity contribution is -0.130. The van der Waals surface area contributed by atoms with Gasteiger partial charge in [-0.2, -0.15) is 0 Å². The van der Waals surface area contributed by atoms with Gasteiger partial charge in [0.15, 0.2) is 0 Å². The number of hydrogen-bond acceptors (Lipinski definition) is 4. The van der Waals surface area contributed by atoms with Crippen molar-refractivity contribution in [3.8, 4) is 0 Å². The Bertz CT molecular complexity index is 997. The second-order valence-electron chi connectivity index (χ2n) is 7.43. The summed E-state index contributed by atoms with van der Waals surface area (Å²) < 4.78 is 0. The van der Waals surface area contributed by atoms with E-state index in [2.05, 4.69) is 10.6 Å². The number of carbonyl (C=O) groups is 3. The first kappa shape index (κ1) is 22.6. The zero-order valence-electron chi connectivity index (χ0n) is 17.0. The molecule has 31 heavy (non-hydrogen) atoms. The number of aliphatic hydroxyl groups is 1. The Morgan fingerprint density at radius 2 is 1.90 bits per heavy atom. The fourth-order valence-electron chi connectivity index (χ4n) is 3.58. The quantitative estimate of drug-likeness (QED) is 0.545. The molecule has 0 unspecified atom stereocenters. The van der Waals surface area contributed by atoms with Gasteiger partial charge in [-0.25, -0.2) is 4.79 Å². The number of hydrogen-bond donors (Lipinski definition) is 4. The van der Waals surface area contributed by atoms with Crippen molar-refractivity contribution in [1.29, 1.82) is 0 Å². The van der Waals surface area contributed by atoms with E-state index in [1.165, 1.54) is 0 Å². The van der Waals surface area contributed by atoms with Crippen LogP contribution < -0.4 is 10.6 Å². The summed E-state index contributed by atoms with van der Waals surface area (Å²) in [6.07, 6.45) is -1.02. The number of aliphatic hydroxyl groups excluding tert-OH is 1. The number of carboxylic acid groups (broad SMARTS) is 1. The number of rotatable bonds is 6. The normalized spacial score (nSPS) is 16.2. The Morgan fingerprint density at radius 1 is 1.19 bits per heavy atom. The van der Waals surface area contributed by atoms with Gasteiger partial charge in [-0.05, 0) is 48.2 Å². The maximum atomic E-state index is 13.0. The highest BCUT2D eigenvalue weighted by molar-refractivity contribution is 6.31. The predicted molar refractivity (Wildman–Crippen MR) is 116 cm³/mol. The molecule has 0 saturated heterocycles. The van der Waals surface area contributed by atoms with Crippen molar-refractivity contribution >= 4 is 35.2 Å². The molecule has 0 spiro atoms. The second kappa shape index (κ2) is 9.80. The molecule has 8 nitrogen and oxygen atoms in total. The molecule has 3 rings (SSSR count). The van der Waals surface area contributed by atoms with Crippen LogP contribution in [0.15, 0.2) is 42.5 Å². The topological polar surface area (TPSA) is 119 Å². The summed E-state index contributed by atoms with van der Waals surface area (Å²) in [5, 5.41) is 24.8. The van der Waals surface area contributed by atoms with Crippen molar-refractivity contribution in [2.45, 2.75) is 38.4 Å². The third-order valence-electron chi connectivity index (χ3n) is 5.27. The van der Waals surface area contributed by atoms with E-state index in [1.54, 1.807) is 25.1 Å². The van der Waals surface area contributed by atoms with Crippen molar-refractivity contribution in [2.24, 2.45) is 0 Å². The maximum absolute atomic E-state index is 13.0. The number of fused-ring (bicyclic) bond motifs is 1. The molecule has 0 aliphatic carbocycles. The fraction of sp³-hybridized carbons (Fsp3) is 0.318. The molecule has 0 fully saturated rings. The second-order valence-corrected chi connectivity index (χ2v) is 7.83. The molecular weight excluding hydrogens is 422 g/mol. The third-order valence-corrected chi connectivity index (χ3v) is 5.70. The van der Waals surface area contributed by atoms with Crippen LogP contribution in [0.4, 0.5) is 10.5 Å². The lowest BCUT2D eigenvalue weighted by Crippen LogP contribution is -2.56. The summed E-state index contributed by atoms with van der Waals surface area (Å²) in [4.78, 5) is 38.5. The first-order valence-electron chi connectivity index (χ1n) is 9.84. The molecule has 3 amide bonds. The number of anilines is 1. The first-order chi connectivity index (χ1) is 14.8. The SMILES string of the molecule is Cc1cc(NC(=O)[C@H](CCO)NC(=O)[C@@H]2Cc3ccccc3CN2C(=O)O)ccc1Cl. The zero-order chi connectivity index (χ0) is 22.5. The summed E-state index contributed by atoms with van der Waals surface area (Å²) >= 11 is 6.00. The number of amides is 3. The Balaban J connectivity index is 1.75. The zero-order valence-corrected chi connectivity index (χ0v) is 17.7. The van der Waals surface area contributed by atoms with Crippen LogP contribution in [0, 0.1) is 6.92 Å². The molecule has 0 bridgehead atoms. The minimum atomic E-state index is -1.21. The summed E-state index contributed by atoms with van der Waals surface area (Å²) in [6.45, 7) is 1.56. The molecule has 1 aliphatic heterocycles. The molecule has 4 N–H and O–H groups in total. The molecule has 2 atom stereocenters. The van der Waals surface area contributed by atoms with Crippen LogP contribution in [0.1, 0.15) is 23.1 Å². The van der Waals surface area contributed by atoms with Crippen LogP contribution in [0.5, 0.6) is 0 Å². The van der Waals surface area contributed by atoms with E-state index in [1.807, 2.05) is 24.3 Å². The maximum Gasteiger partial charge on any atom is 0.408 e. The molecule has 0 saturated carbocycles. The third kappa shape index (κ3) is 5.34. The smallest absolute Gasteiger partial charge is 0.408 e. The van der Waals surface area contributed by atoms with Crippen LogP contribution in [0.3, 0.4) is 0 Å². The average Bonchev–Trinajstić information content (AvgIpc) is 2.74. The van der Waals surface area contributed by atoms with Gasteiger partial charge in [0.2, 0.25) is 11.8 Å². The fourth-order valence-corrected chi connectivity index (χ4v) is 3.69. The predicted octanol–water partition coefficient (Wildman–Crippen LogP) is 2.56. The van der Waals surface area contributed by atoms with Gasteiger partial charge in [0, 0.05) is 23.7 Å². The number of nitrogens with zero attached hydrogens (tertiary/aromatic N) is 1. The lowest BCUT2D eigenvalue weighted by Gasteiger charge is -2.34. The van der Waals surface area contributed by atoms with Crippen molar-refractivity contribution in [1.82, 2.24) is 10.2 Å². The van der Waals surface area contributed by atoms with Gasteiger partial charge >= 0.3 is 6.09 Å². The first-order valence-corrected chi connectivity index (χ1v) is 10.2. The van der Waals surface area contributed by atoms with Crippen LogP contribution in [0.25, 0.3) is 0 Å². The number of nitrogens with one attached hydrogen (secondary N) is 2. The lowest BCUT2D eigenvalue weighted by atomic mass is 9.93. The van der Waals surface area contributed by atoms with Crippen molar-refractivity contribution in [3.63, 3.8) is 0 Å². The Labute approximate surface area is 184 Å². The Hall–Kier alpha value is -3.10. The van der Waals surface area contributed by atoms with Gasteiger partial charge in [-0.15, -0.1) is 0 Å². The standard InChI is InChI=1S/C22H24ClN3O5/c1-13-10-16(6-7-17(13)23)24-20(28)18(8-9-27)25-21(29)19-11-14-4-2-3-5-15(14)12-26(19)22(30)31/h2-7,10,18-19,27H,8-9,11-12H2,1H3,(H,24,28)(H,25,29)(H,30,31)/t18-,19-/m0/s1. The minimum absolute atomic E-state index is 0.0134. The number of benzene rings is 2.